The first-order valence-electron chi connectivity index (χ1n) is 11.4. The zero-order valence-electron chi connectivity index (χ0n) is 18.8. The van der Waals surface area contributed by atoms with Gasteiger partial charge in [-0.3, -0.25) is 4.79 Å². The topological polar surface area (TPSA) is 89.3 Å². The van der Waals surface area contributed by atoms with Crippen molar-refractivity contribution in [2.75, 3.05) is 31.1 Å². The number of aromatic nitrogens is 5. The predicted molar refractivity (Wildman–Crippen MR) is 128 cm³/mol. The van der Waals surface area contributed by atoms with Gasteiger partial charge in [-0.2, -0.15) is 0 Å². The van der Waals surface area contributed by atoms with Crippen molar-refractivity contribution in [3.63, 3.8) is 0 Å². The van der Waals surface area contributed by atoms with Crippen LogP contribution in [0.3, 0.4) is 0 Å². The van der Waals surface area contributed by atoms with Gasteiger partial charge in [0.05, 0.1) is 5.39 Å². The number of benzene rings is 1. The molecule has 1 saturated heterocycles. The van der Waals surface area contributed by atoms with Crippen molar-refractivity contribution < 1.29 is 9.63 Å². The van der Waals surface area contributed by atoms with Crippen LogP contribution in [0.4, 0.5) is 5.82 Å². The second-order valence-electron chi connectivity index (χ2n) is 8.25. The summed E-state index contributed by atoms with van der Waals surface area (Å²) in [5.74, 6) is 1.13. The van der Waals surface area contributed by atoms with Crippen molar-refractivity contribution in [3.8, 4) is 0 Å². The van der Waals surface area contributed by atoms with E-state index in [9.17, 15) is 4.79 Å². The Balaban J connectivity index is 1.15. The molecule has 0 bridgehead atoms. The fourth-order valence-corrected chi connectivity index (χ4v) is 5.20. The maximum atomic E-state index is 12.8. The minimum absolute atomic E-state index is 0.158. The molecule has 10 heteroatoms. The standard InChI is InChI=1S/C23H27N7O2S/c1-3-17-13-18-22(24-15-25-23(18)33-17)29-11-10-28(14-16(29)2)21(31)9-6-12-32-30-20-8-5-4-7-19(20)26-27-30/h4-5,7-8,13,15-16H,3,6,9-12,14H2,1-2H3. The Hall–Kier alpha value is -3.27. The van der Waals surface area contributed by atoms with Crippen LogP contribution in [-0.4, -0.2) is 68.2 Å². The summed E-state index contributed by atoms with van der Waals surface area (Å²) in [5.41, 5.74) is 1.61. The fraction of sp³-hybridized carbons (Fsp3) is 0.435. The van der Waals surface area contributed by atoms with Crippen LogP contribution in [0.1, 0.15) is 31.6 Å². The van der Waals surface area contributed by atoms with Crippen LogP contribution >= 0.6 is 11.3 Å². The number of carbonyl (C=O) groups excluding carboxylic acids is 1. The number of para-hydroxylation sites is 1. The second-order valence-corrected chi connectivity index (χ2v) is 9.37. The first-order valence-corrected chi connectivity index (χ1v) is 12.2. The van der Waals surface area contributed by atoms with Crippen molar-refractivity contribution in [2.45, 2.75) is 39.2 Å². The molecule has 3 aromatic heterocycles. The third-order valence-electron chi connectivity index (χ3n) is 6.03. The first kappa shape index (κ1) is 21.6. The van der Waals surface area contributed by atoms with E-state index in [4.69, 9.17) is 4.84 Å². The van der Waals surface area contributed by atoms with E-state index in [0.29, 0.717) is 32.5 Å². The lowest BCUT2D eigenvalue weighted by molar-refractivity contribution is -0.132. The number of amides is 1. The van der Waals surface area contributed by atoms with Gasteiger partial charge in [0.2, 0.25) is 5.91 Å². The van der Waals surface area contributed by atoms with Gasteiger partial charge >= 0.3 is 0 Å². The maximum absolute atomic E-state index is 12.8. The molecule has 1 amide bonds. The van der Waals surface area contributed by atoms with Gasteiger partial charge in [0.15, 0.2) is 0 Å². The Labute approximate surface area is 195 Å². The molecule has 4 heterocycles. The highest BCUT2D eigenvalue weighted by Gasteiger charge is 2.28. The van der Waals surface area contributed by atoms with Crippen LogP contribution in [0, 0.1) is 0 Å². The van der Waals surface area contributed by atoms with Crippen LogP contribution in [-0.2, 0) is 11.2 Å². The van der Waals surface area contributed by atoms with Gasteiger partial charge in [-0.1, -0.05) is 23.9 Å². The van der Waals surface area contributed by atoms with E-state index < -0.39 is 0 Å². The number of fused-ring (bicyclic) bond motifs is 2. The number of hydrogen-bond acceptors (Lipinski definition) is 8. The number of anilines is 1. The van der Waals surface area contributed by atoms with Gasteiger partial charge in [-0.15, -0.1) is 16.4 Å². The average molecular weight is 466 g/mol. The Bertz CT molecular complexity index is 1270. The van der Waals surface area contributed by atoms with E-state index in [2.05, 4.69) is 45.1 Å². The third-order valence-corrected chi connectivity index (χ3v) is 7.22. The van der Waals surface area contributed by atoms with Crippen LogP contribution in [0.25, 0.3) is 21.3 Å². The molecule has 0 radical (unpaired) electrons. The Morgan fingerprint density at radius 1 is 1.24 bits per heavy atom. The van der Waals surface area contributed by atoms with Crippen LogP contribution in [0.2, 0.25) is 0 Å². The highest BCUT2D eigenvalue weighted by Crippen LogP contribution is 2.32. The molecular weight excluding hydrogens is 438 g/mol. The van der Waals surface area contributed by atoms with Crippen molar-refractivity contribution >= 4 is 44.3 Å². The molecule has 0 aliphatic carbocycles. The molecule has 172 valence electrons. The van der Waals surface area contributed by atoms with E-state index in [1.165, 1.54) is 9.72 Å². The molecule has 1 fully saturated rings. The van der Waals surface area contributed by atoms with Gasteiger partial charge < -0.3 is 14.6 Å². The largest absolute Gasteiger partial charge is 0.395 e. The monoisotopic (exact) mass is 465 g/mol. The number of piperazine rings is 1. The summed E-state index contributed by atoms with van der Waals surface area (Å²) in [6, 6.07) is 10.0. The van der Waals surface area contributed by atoms with Gasteiger partial charge in [0, 0.05) is 37.0 Å². The van der Waals surface area contributed by atoms with E-state index in [1.807, 2.05) is 29.2 Å². The lowest BCUT2D eigenvalue weighted by Gasteiger charge is -2.40. The number of hydrogen-bond donors (Lipinski definition) is 0. The number of thiophene rings is 1. The van der Waals surface area contributed by atoms with Crippen LogP contribution < -0.4 is 9.74 Å². The molecule has 1 aromatic carbocycles. The first-order chi connectivity index (χ1) is 16.1. The molecule has 1 unspecified atom stereocenters. The molecule has 5 rings (SSSR count). The number of carbonyl (C=O) groups is 1. The number of rotatable bonds is 7. The minimum atomic E-state index is 0.158. The normalized spacial score (nSPS) is 16.6. The van der Waals surface area contributed by atoms with Gasteiger partial charge in [0.1, 0.15) is 34.6 Å². The van der Waals surface area contributed by atoms with Gasteiger partial charge in [-0.05, 0) is 43.2 Å². The molecular formula is C23H27N7O2S. The second kappa shape index (κ2) is 9.30. The Kier molecular flexibility index (Phi) is 6.08. The summed E-state index contributed by atoms with van der Waals surface area (Å²) in [5, 5.41) is 9.20. The van der Waals surface area contributed by atoms with E-state index in [-0.39, 0.29) is 11.9 Å². The molecule has 0 spiro atoms. The quantitative estimate of drug-likeness (QED) is 0.388. The third kappa shape index (κ3) is 4.35. The van der Waals surface area contributed by atoms with E-state index >= 15 is 0 Å². The van der Waals surface area contributed by atoms with Gasteiger partial charge in [0.25, 0.3) is 0 Å². The summed E-state index contributed by atoms with van der Waals surface area (Å²) in [7, 11) is 0. The molecule has 1 aliphatic heterocycles. The minimum Gasteiger partial charge on any atom is -0.395 e. The zero-order valence-corrected chi connectivity index (χ0v) is 19.7. The Morgan fingerprint density at radius 3 is 2.97 bits per heavy atom. The van der Waals surface area contributed by atoms with Crippen molar-refractivity contribution in [3.05, 3.63) is 41.5 Å². The van der Waals surface area contributed by atoms with E-state index in [0.717, 1.165) is 40.0 Å². The molecule has 0 N–H and O–H groups in total. The molecule has 1 aliphatic rings. The molecule has 0 saturated carbocycles. The molecule has 1 atom stereocenters. The summed E-state index contributed by atoms with van der Waals surface area (Å²) in [6.45, 7) is 6.85. The number of nitrogens with zero attached hydrogens (tertiary/aromatic N) is 7. The SMILES string of the molecule is CCc1cc2c(N3CCN(C(=O)CCCOn4nnc5ccccc54)CC3C)ncnc2s1. The molecule has 9 nitrogen and oxygen atoms in total. The molecule has 33 heavy (non-hydrogen) atoms. The van der Waals surface area contributed by atoms with E-state index in [1.54, 1.807) is 17.7 Å². The average Bonchev–Trinajstić information content (AvgIpc) is 3.45. The summed E-state index contributed by atoms with van der Waals surface area (Å²) in [4.78, 5) is 35.6. The predicted octanol–water partition coefficient (Wildman–Crippen LogP) is 2.94. The van der Waals surface area contributed by atoms with Crippen LogP contribution in [0.5, 0.6) is 0 Å². The summed E-state index contributed by atoms with van der Waals surface area (Å²) >= 11 is 1.73. The molecule has 4 aromatic rings. The number of aryl methyl sites for hydroxylation is 1. The van der Waals surface area contributed by atoms with Crippen molar-refractivity contribution in [1.82, 2.24) is 30.0 Å². The Morgan fingerprint density at radius 2 is 2.12 bits per heavy atom. The lowest BCUT2D eigenvalue weighted by Crippen LogP contribution is -2.54. The van der Waals surface area contributed by atoms with Crippen molar-refractivity contribution in [1.29, 1.82) is 0 Å². The highest BCUT2D eigenvalue weighted by molar-refractivity contribution is 7.18. The highest BCUT2D eigenvalue weighted by atomic mass is 32.1. The smallest absolute Gasteiger partial charge is 0.222 e. The zero-order chi connectivity index (χ0) is 22.8. The summed E-state index contributed by atoms with van der Waals surface area (Å²) in [6.07, 6.45) is 3.72. The lowest BCUT2D eigenvalue weighted by atomic mass is 10.1. The maximum Gasteiger partial charge on any atom is 0.222 e. The van der Waals surface area contributed by atoms with Crippen molar-refractivity contribution in [2.24, 2.45) is 0 Å². The van der Waals surface area contributed by atoms with Gasteiger partial charge in [-0.25, -0.2) is 9.97 Å². The summed E-state index contributed by atoms with van der Waals surface area (Å²) < 4.78 is 0. The van der Waals surface area contributed by atoms with Crippen LogP contribution in [0.15, 0.2) is 36.7 Å². The fourth-order valence-electron chi connectivity index (χ4n) is 4.27.